The number of aliphatic imine (C=N–C) groups is 1. The van der Waals surface area contributed by atoms with Crippen molar-refractivity contribution in [3.05, 3.63) is 29.8 Å². The fourth-order valence-corrected chi connectivity index (χ4v) is 3.78. The third kappa shape index (κ3) is 3.37. The zero-order valence-electron chi connectivity index (χ0n) is 12.8. The number of hydrogen-bond donors (Lipinski definition) is 3. The largest absolute Gasteiger partial charge is 0.353 e. The van der Waals surface area contributed by atoms with Crippen LogP contribution in [0.25, 0.3) is 0 Å². The van der Waals surface area contributed by atoms with Crippen molar-refractivity contribution in [1.82, 2.24) is 10.0 Å². The lowest BCUT2D eigenvalue weighted by molar-refractivity contribution is -0.122. The molecule has 1 fully saturated rings. The zero-order chi connectivity index (χ0) is 16.6. The standard InChI is InChI=1S/C15H20N4O3S/c1-9(15(20)17-8-12(16)10-6-7-10)18-14-11-4-2-3-5-13(11)23(21,22)19-14/h2-5,9-10,12H,6-8,16H2,1H3,(H,17,20)(H,18,19). The molecule has 1 aliphatic heterocycles. The maximum Gasteiger partial charge on any atom is 0.263 e. The van der Waals surface area contributed by atoms with Gasteiger partial charge in [-0.3, -0.25) is 14.5 Å². The second kappa shape index (κ2) is 5.93. The summed E-state index contributed by atoms with van der Waals surface area (Å²) in [6.07, 6.45) is 2.24. The van der Waals surface area contributed by atoms with Crippen LogP contribution in [-0.4, -0.2) is 38.8 Å². The number of benzene rings is 1. The van der Waals surface area contributed by atoms with E-state index in [4.69, 9.17) is 5.73 Å². The van der Waals surface area contributed by atoms with Crippen molar-refractivity contribution in [1.29, 1.82) is 0 Å². The Balaban J connectivity index is 1.70. The number of amides is 1. The lowest BCUT2D eigenvalue weighted by Crippen LogP contribution is -2.42. The molecule has 124 valence electrons. The van der Waals surface area contributed by atoms with Crippen molar-refractivity contribution in [2.45, 2.75) is 36.7 Å². The molecular formula is C15H20N4O3S. The van der Waals surface area contributed by atoms with Gasteiger partial charge >= 0.3 is 0 Å². The van der Waals surface area contributed by atoms with Crippen LogP contribution >= 0.6 is 0 Å². The number of hydrogen-bond acceptors (Lipinski definition) is 5. The van der Waals surface area contributed by atoms with Gasteiger partial charge in [-0.05, 0) is 37.8 Å². The minimum absolute atomic E-state index is 0.0236. The molecule has 2 unspecified atom stereocenters. The summed E-state index contributed by atoms with van der Waals surface area (Å²) in [5.74, 6) is 0.442. The van der Waals surface area contributed by atoms with Crippen LogP contribution < -0.4 is 15.8 Å². The van der Waals surface area contributed by atoms with Crippen LogP contribution in [0, 0.1) is 5.92 Å². The number of sulfonamides is 1. The number of nitrogens with two attached hydrogens (primary N) is 1. The summed E-state index contributed by atoms with van der Waals surface area (Å²) in [6.45, 7) is 2.04. The predicted octanol–water partition coefficient (Wildman–Crippen LogP) is -0.0329. The van der Waals surface area contributed by atoms with Crippen molar-refractivity contribution in [2.24, 2.45) is 16.6 Å². The highest BCUT2D eigenvalue weighted by Crippen LogP contribution is 2.31. The van der Waals surface area contributed by atoms with E-state index in [1.165, 1.54) is 6.07 Å². The van der Waals surface area contributed by atoms with Crippen LogP contribution in [0.5, 0.6) is 0 Å². The average molecular weight is 336 g/mol. The average Bonchev–Trinajstić information content (AvgIpc) is 3.32. The van der Waals surface area contributed by atoms with Gasteiger partial charge in [-0.25, -0.2) is 8.42 Å². The first-order valence-corrected chi connectivity index (χ1v) is 9.10. The molecule has 7 nitrogen and oxygen atoms in total. The molecule has 1 heterocycles. The van der Waals surface area contributed by atoms with E-state index in [-0.39, 0.29) is 22.7 Å². The quantitative estimate of drug-likeness (QED) is 0.700. The number of nitrogens with one attached hydrogen (secondary N) is 2. The maximum atomic E-state index is 12.1. The van der Waals surface area contributed by atoms with Gasteiger partial charge < -0.3 is 11.1 Å². The molecule has 2 atom stereocenters. The van der Waals surface area contributed by atoms with Crippen molar-refractivity contribution < 1.29 is 13.2 Å². The third-order valence-corrected chi connectivity index (χ3v) is 5.50. The Morgan fingerprint density at radius 3 is 2.83 bits per heavy atom. The zero-order valence-corrected chi connectivity index (χ0v) is 13.6. The molecule has 23 heavy (non-hydrogen) atoms. The number of amidine groups is 1. The van der Waals surface area contributed by atoms with Crippen LogP contribution in [-0.2, 0) is 14.8 Å². The Bertz CT molecular complexity index is 756. The van der Waals surface area contributed by atoms with Crippen LogP contribution in [0.15, 0.2) is 34.2 Å². The topological polar surface area (TPSA) is 114 Å². The summed E-state index contributed by atoms with van der Waals surface area (Å²) in [6, 6.07) is 5.83. The minimum Gasteiger partial charge on any atom is -0.353 e. The van der Waals surface area contributed by atoms with Crippen molar-refractivity contribution in [2.75, 3.05) is 6.54 Å². The summed E-state index contributed by atoms with van der Waals surface area (Å²) in [7, 11) is -3.59. The lowest BCUT2D eigenvalue weighted by Gasteiger charge is -2.13. The van der Waals surface area contributed by atoms with E-state index in [9.17, 15) is 13.2 Å². The van der Waals surface area contributed by atoms with E-state index < -0.39 is 16.1 Å². The molecule has 1 aromatic rings. The Morgan fingerprint density at radius 1 is 1.43 bits per heavy atom. The molecule has 0 saturated heterocycles. The molecule has 3 rings (SSSR count). The molecule has 1 aliphatic carbocycles. The first-order chi connectivity index (χ1) is 10.9. The SMILES string of the molecule is CC(N=C1NS(=O)(=O)c2ccccc21)C(=O)NCC(N)C1CC1. The molecule has 2 aliphatic rings. The molecule has 4 N–H and O–H groups in total. The molecule has 0 bridgehead atoms. The summed E-state index contributed by atoms with van der Waals surface area (Å²) in [5, 5.41) is 2.77. The van der Waals surface area contributed by atoms with Gasteiger partial charge in [-0.1, -0.05) is 12.1 Å². The first-order valence-electron chi connectivity index (χ1n) is 7.62. The molecule has 0 aromatic heterocycles. The van der Waals surface area contributed by atoms with Crippen LogP contribution in [0.1, 0.15) is 25.3 Å². The van der Waals surface area contributed by atoms with Crippen LogP contribution in [0.3, 0.4) is 0 Å². The van der Waals surface area contributed by atoms with Crippen LogP contribution in [0.2, 0.25) is 0 Å². The molecule has 1 saturated carbocycles. The molecule has 0 radical (unpaired) electrons. The Kier molecular flexibility index (Phi) is 4.11. The van der Waals surface area contributed by atoms with E-state index in [1.807, 2.05) is 0 Å². The van der Waals surface area contributed by atoms with Crippen molar-refractivity contribution in [3.63, 3.8) is 0 Å². The van der Waals surface area contributed by atoms with E-state index in [1.54, 1.807) is 25.1 Å². The van der Waals surface area contributed by atoms with Crippen LogP contribution in [0.4, 0.5) is 0 Å². The summed E-state index contributed by atoms with van der Waals surface area (Å²) < 4.78 is 26.4. The Labute approximate surface area is 135 Å². The smallest absolute Gasteiger partial charge is 0.263 e. The van der Waals surface area contributed by atoms with E-state index in [0.717, 1.165) is 12.8 Å². The van der Waals surface area contributed by atoms with Gasteiger partial charge in [-0.15, -0.1) is 0 Å². The highest BCUT2D eigenvalue weighted by Gasteiger charge is 2.31. The predicted molar refractivity (Wildman–Crippen MR) is 86.5 cm³/mol. The number of rotatable bonds is 5. The summed E-state index contributed by atoms with van der Waals surface area (Å²) in [4.78, 5) is 16.5. The highest BCUT2D eigenvalue weighted by molar-refractivity contribution is 7.90. The van der Waals surface area contributed by atoms with Gasteiger partial charge in [0.1, 0.15) is 11.9 Å². The fourth-order valence-electron chi connectivity index (χ4n) is 2.54. The second-order valence-electron chi connectivity index (χ2n) is 6.00. The fraction of sp³-hybridized carbons (Fsp3) is 0.467. The number of carbonyl (C=O) groups excluding carboxylic acids is 1. The normalized spacial score (nSPS) is 23.0. The van der Waals surface area contributed by atoms with Gasteiger partial charge in [-0.2, -0.15) is 0 Å². The molecule has 1 amide bonds. The third-order valence-electron chi connectivity index (χ3n) is 4.10. The van der Waals surface area contributed by atoms with Gasteiger partial charge in [0.2, 0.25) is 5.91 Å². The monoisotopic (exact) mass is 336 g/mol. The van der Waals surface area contributed by atoms with E-state index in [2.05, 4.69) is 15.0 Å². The van der Waals surface area contributed by atoms with Gasteiger partial charge in [0, 0.05) is 18.2 Å². The Morgan fingerprint density at radius 2 is 2.13 bits per heavy atom. The number of carbonyl (C=O) groups is 1. The number of fused-ring (bicyclic) bond motifs is 1. The first kappa shape index (κ1) is 15.9. The van der Waals surface area contributed by atoms with Crippen molar-refractivity contribution in [3.8, 4) is 0 Å². The van der Waals surface area contributed by atoms with Gasteiger partial charge in [0.25, 0.3) is 10.0 Å². The molecule has 0 spiro atoms. The number of nitrogens with zero attached hydrogens (tertiary/aromatic N) is 1. The summed E-state index contributed by atoms with van der Waals surface area (Å²) >= 11 is 0. The highest BCUT2D eigenvalue weighted by atomic mass is 32.2. The molecule has 1 aromatic carbocycles. The lowest BCUT2D eigenvalue weighted by atomic mass is 10.2. The van der Waals surface area contributed by atoms with Gasteiger partial charge in [0.05, 0.1) is 4.90 Å². The van der Waals surface area contributed by atoms with E-state index >= 15 is 0 Å². The van der Waals surface area contributed by atoms with E-state index in [0.29, 0.717) is 18.0 Å². The molecule has 8 heteroatoms. The second-order valence-corrected chi connectivity index (χ2v) is 7.65. The Hall–Kier alpha value is -1.93. The van der Waals surface area contributed by atoms with Gasteiger partial charge in [0.15, 0.2) is 0 Å². The minimum atomic E-state index is -3.59. The molecular weight excluding hydrogens is 316 g/mol. The maximum absolute atomic E-state index is 12.1. The van der Waals surface area contributed by atoms with Crippen molar-refractivity contribution >= 4 is 21.8 Å². The summed E-state index contributed by atoms with van der Waals surface area (Å²) in [5.41, 5.74) is 6.44.